The van der Waals surface area contributed by atoms with Gasteiger partial charge in [-0.1, -0.05) is 19.8 Å². The van der Waals surface area contributed by atoms with E-state index in [1.807, 2.05) is 6.92 Å². The first-order valence-corrected chi connectivity index (χ1v) is 5.69. The van der Waals surface area contributed by atoms with Crippen molar-refractivity contribution in [2.45, 2.75) is 32.0 Å². The van der Waals surface area contributed by atoms with Crippen LogP contribution in [0.5, 0.6) is 0 Å². The van der Waals surface area contributed by atoms with Gasteiger partial charge in [0.1, 0.15) is 13.6 Å². The van der Waals surface area contributed by atoms with Gasteiger partial charge in [-0.15, -0.1) is 0 Å². The van der Waals surface area contributed by atoms with Gasteiger partial charge in [0.2, 0.25) is 0 Å². The third-order valence-corrected chi connectivity index (χ3v) is 3.21. The number of unbranched alkanes of at least 4 members (excludes halogenated alkanes) is 1. The fourth-order valence-corrected chi connectivity index (χ4v) is 1.89. The molecule has 0 aliphatic heterocycles. The lowest BCUT2D eigenvalue weighted by Crippen LogP contribution is -2.07. The maximum Gasteiger partial charge on any atom is 0.310 e. The van der Waals surface area contributed by atoms with Crippen LogP contribution in [0.1, 0.15) is 26.2 Å². The smallest absolute Gasteiger partial charge is 0.310 e. The Labute approximate surface area is 72.4 Å². The van der Waals surface area contributed by atoms with Gasteiger partial charge < -0.3 is 14.8 Å². The van der Waals surface area contributed by atoms with E-state index in [1.165, 1.54) is 0 Å². The van der Waals surface area contributed by atoms with Crippen LogP contribution in [-0.2, 0) is 9.36 Å². The Bertz CT molecular complexity index is 169. The zero-order chi connectivity index (χ0) is 9.56. The van der Waals surface area contributed by atoms with E-state index < -0.39 is 25.8 Å². The lowest BCUT2D eigenvalue weighted by Gasteiger charge is -2.07. The number of rotatable bonds is 6. The predicted octanol–water partition coefficient (Wildman–Crippen LogP) is 1.14. The maximum atomic E-state index is 11.0. The molecule has 12 heavy (non-hydrogen) atoms. The molecule has 0 aliphatic carbocycles. The Morgan fingerprint density at radius 3 is 2.58 bits per heavy atom. The van der Waals surface area contributed by atoms with Gasteiger partial charge in [0.15, 0.2) is 0 Å². The second kappa shape index (κ2) is 6.21. The summed E-state index contributed by atoms with van der Waals surface area (Å²) >= 11 is 0. The number of aliphatic hydroxyl groups excluding tert-OH is 1. The largest absolute Gasteiger partial charge is 0.481 e. The first-order valence-electron chi connectivity index (χ1n) is 4.00. The van der Waals surface area contributed by atoms with Crippen molar-refractivity contribution in [2.24, 2.45) is 0 Å². The van der Waals surface area contributed by atoms with Crippen LogP contribution in [0.3, 0.4) is 0 Å². The minimum Gasteiger partial charge on any atom is -0.481 e. The Balaban J connectivity index is 3.69. The molecular formula is C7H15O4P. The zero-order valence-corrected chi connectivity index (χ0v) is 8.12. The summed E-state index contributed by atoms with van der Waals surface area (Å²) < 4.78 is 11.0. The van der Waals surface area contributed by atoms with Gasteiger partial charge in [-0.25, -0.2) is 0 Å². The van der Waals surface area contributed by atoms with Crippen molar-refractivity contribution in [1.82, 2.24) is 0 Å². The van der Waals surface area contributed by atoms with Crippen molar-refractivity contribution in [3.8, 4) is 0 Å². The van der Waals surface area contributed by atoms with Crippen molar-refractivity contribution in [2.75, 3.05) is 6.16 Å². The minimum absolute atomic E-state index is 0.393. The van der Waals surface area contributed by atoms with Crippen LogP contribution in [0.4, 0.5) is 0 Å². The van der Waals surface area contributed by atoms with Gasteiger partial charge in [-0.2, -0.15) is 0 Å². The summed E-state index contributed by atoms with van der Waals surface area (Å²) in [5.74, 6) is -2.01. The molecule has 0 spiro atoms. The Kier molecular flexibility index (Phi) is 6.03. The van der Waals surface area contributed by atoms with Gasteiger partial charge in [0.25, 0.3) is 0 Å². The summed E-state index contributed by atoms with van der Waals surface area (Å²) in [6.45, 7) is 1.96. The van der Waals surface area contributed by atoms with Crippen molar-refractivity contribution in [1.29, 1.82) is 0 Å². The molecular weight excluding hydrogens is 179 g/mol. The molecule has 72 valence electrons. The average Bonchev–Trinajstić information content (AvgIpc) is 1.98. The number of carboxylic acids is 1. The number of hydrogen-bond donors (Lipinski definition) is 2. The molecule has 2 unspecified atom stereocenters. The van der Waals surface area contributed by atoms with Gasteiger partial charge >= 0.3 is 5.97 Å². The highest BCUT2D eigenvalue weighted by atomic mass is 31.1. The van der Waals surface area contributed by atoms with Gasteiger partial charge in [-0.3, -0.25) is 4.79 Å². The molecule has 0 aromatic heterocycles. The van der Waals surface area contributed by atoms with Crippen LogP contribution in [0.25, 0.3) is 0 Å². The molecule has 0 bridgehead atoms. The monoisotopic (exact) mass is 194 g/mol. The van der Waals surface area contributed by atoms with E-state index in [0.717, 1.165) is 12.8 Å². The van der Waals surface area contributed by atoms with Crippen LogP contribution in [0.15, 0.2) is 0 Å². The summed E-state index contributed by atoms with van der Waals surface area (Å²) in [6.07, 6.45) is 1.76. The van der Waals surface area contributed by atoms with Crippen LogP contribution >= 0.6 is 7.80 Å². The number of hydrogen-bond acceptors (Lipinski definition) is 3. The first-order chi connectivity index (χ1) is 5.57. The molecule has 0 saturated heterocycles. The van der Waals surface area contributed by atoms with Gasteiger partial charge in [0, 0.05) is 0 Å². The molecule has 0 saturated carbocycles. The van der Waals surface area contributed by atoms with Crippen molar-refractivity contribution >= 4 is 13.8 Å². The lowest BCUT2D eigenvalue weighted by molar-refractivity contribution is -0.134. The van der Waals surface area contributed by atoms with E-state index in [4.69, 9.17) is 10.2 Å². The molecule has 0 amide bonds. The standard InChI is InChI=1S/C7H15O4P/c1-2-3-4-7(10)12(11)5-6(8)9/h7,10,12H,2-5H2,1H3,(H,8,9). The van der Waals surface area contributed by atoms with E-state index in [1.54, 1.807) is 0 Å². The molecule has 4 nitrogen and oxygen atoms in total. The summed E-state index contributed by atoms with van der Waals surface area (Å²) in [5, 5.41) is 17.4. The van der Waals surface area contributed by atoms with Crippen molar-refractivity contribution < 1.29 is 19.6 Å². The Morgan fingerprint density at radius 1 is 1.58 bits per heavy atom. The number of carboxylic acid groups (broad SMARTS) is 1. The van der Waals surface area contributed by atoms with Crippen molar-refractivity contribution in [3.63, 3.8) is 0 Å². The van der Waals surface area contributed by atoms with Gasteiger partial charge in [0.05, 0.1) is 6.16 Å². The molecule has 0 aromatic rings. The molecule has 5 heteroatoms. The fraction of sp³-hybridized carbons (Fsp3) is 0.857. The van der Waals surface area contributed by atoms with Crippen LogP contribution in [0.2, 0.25) is 0 Å². The molecule has 0 heterocycles. The highest BCUT2D eigenvalue weighted by molar-refractivity contribution is 7.46. The van der Waals surface area contributed by atoms with E-state index in [-0.39, 0.29) is 0 Å². The molecule has 2 N–H and O–H groups in total. The first kappa shape index (κ1) is 11.7. The van der Waals surface area contributed by atoms with Crippen LogP contribution in [0, 0.1) is 0 Å². The SMILES string of the molecule is CCCCC(O)[PH](=O)CC(=O)O. The quantitative estimate of drug-likeness (QED) is 0.622. The summed E-state index contributed by atoms with van der Waals surface area (Å²) in [6, 6.07) is 0. The molecule has 0 aromatic carbocycles. The third kappa shape index (κ3) is 5.33. The summed E-state index contributed by atoms with van der Waals surface area (Å²) in [4.78, 5) is 10.1. The normalized spacial score (nSPS) is 15.5. The highest BCUT2D eigenvalue weighted by Gasteiger charge is 2.14. The Hall–Kier alpha value is -0.340. The molecule has 2 atom stereocenters. The molecule has 0 radical (unpaired) electrons. The topological polar surface area (TPSA) is 74.6 Å². The molecule has 0 aliphatic rings. The Morgan fingerprint density at radius 2 is 2.17 bits per heavy atom. The second-order valence-electron chi connectivity index (χ2n) is 2.69. The van der Waals surface area contributed by atoms with Crippen molar-refractivity contribution in [3.05, 3.63) is 0 Å². The molecule has 0 fully saturated rings. The maximum absolute atomic E-state index is 11.0. The van der Waals surface area contributed by atoms with E-state index in [0.29, 0.717) is 6.42 Å². The van der Waals surface area contributed by atoms with E-state index in [2.05, 4.69) is 0 Å². The van der Waals surface area contributed by atoms with E-state index in [9.17, 15) is 9.36 Å². The summed E-state index contributed by atoms with van der Waals surface area (Å²) in [5.41, 5.74) is 0. The number of aliphatic hydroxyl groups is 1. The zero-order valence-electron chi connectivity index (χ0n) is 7.12. The van der Waals surface area contributed by atoms with E-state index >= 15 is 0 Å². The van der Waals surface area contributed by atoms with Gasteiger partial charge in [-0.05, 0) is 6.42 Å². The molecule has 0 rings (SSSR count). The third-order valence-electron chi connectivity index (χ3n) is 1.53. The average molecular weight is 194 g/mol. The van der Waals surface area contributed by atoms with Crippen LogP contribution < -0.4 is 0 Å². The lowest BCUT2D eigenvalue weighted by atomic mass is 10.3. The fourth-order valence-electron chi connectivity index (χ4n) is 0.825. The second-order valence-corrected chi connectivity index (χ2v) is 4.65. The summed E-state index contributed by atoms with van der Waals surface area (Å²) in [7, 11) is -2.33. The number of carbonyl (C=O) groups is 1. The predicted molar refractivity (Wildman–Crippen MR) is 47.0 cm³/mol. The highest BCUT2D eigenvalue weighted by Crippen LogP contribution is 2.28. The van der Waals surface area contributed by atoms with Crippen LogP contribution in [-0.4, -0.2) is 28.2 Å². The minimum atomic E-state index is -2.33. The number of aliphatic carboxylic acids is 1.